The fourth-order valence-corrected chi connectivity index (χ4v) is 4.52. The fraction of sp³-hybridized carbons (Fsp3) is 0.364. The summed E-state index contributed by atoms with van der Waals surface area (Å²) >= 11 is 0. The molecule has 25 heavy (non-hydrogen) atoms. The molecule has 2 aliphatic rings. The number of fused-ring (bicyclic) bond motifs is 4. The Morgan fingerprint density at radius 3 is 2.52 bits per heavy atom. The van der Waals surface area contributed by atoms with Gasteiger partial charge in [0.2, 0.25) is 5.43 Å². The predicted octanol–water partition coefficient (Wildman–Crippen LogP) is 4.27. The van der Waals surface area contributed by atoms with Crippen molar-refractivity contribution < 1.29 is 0 Å². The van der Waals surface area contributed by atoms with E-state index in [0.717, 1.165) is 12.1 Å². The number of pyridine rings is 1. The first-order chi connectivity index (χ1) is 11.7. The first kappa shape index (κ1) is 15.9. The van der Waals surface area contributed by atoms with E-state index in [1.165, 1.54) is 22.3 Å². The molecule has 0 unspecified atom stereocenters. The lowest BCUT2D eigenvalue weighted by atomic mass is 9.64. The summed E-state index contributed by atoms with van der Waals surface area (Å²) in [6, 6.07) is 10.6. The molecule has 0 atom stereocenters. The van der Waals surface area contributed by atoms with E-state index in [-0.39, 0.29) is 21.9 Å². The van der Waals surface area contributed by atoms with Gasteiger partial charge in [-0.05, 0) is 43.0 Å². The summed E-state index contributed by atoms with van der Waals surface area (Å²) in [6.45, 7) is 10.8. The van der Waals surface area contributed by atoms with Crippen LogP contribution in [0.4, 0.5) is 0 Å². The van der Waals surface area contributed by atoms with Gasteiger partial charge >= 0.3 is 0 Å². The molecule has 0 radical (unpaired) electrons. The van der Waals surface area contributed by atoms with Crippen LogP contribution in [0.1, 0.15) is 55.6 Å². The van der Waals surface area contributed by atoms with Gasteiger partial charge in [0.25, 0.3) is 0 Å². The quantitative estimate of drug-likeness (QED) is 0.724. The van der Waals surface area contributed by atoms with Gasteiger partial charge in [0.15, 0.2) is 0 Å². The summed E-state index contributed by atoms with van der Waals surface area (Å²) in [4.78, 5) is 12.6. The number of hydrogen-bond donors (Lipinski definition) is 0. The number of rotatable bonds is 0. The summed E-state index contributed by atoms with van der Waals surface area (Å²) in [5.74, 6) is 0. The summed E-state index contributed by atoms with van der Waals surface area (Å²) in [7, 11) is 0. The van der Waals surface area contributed by atoms with Gasteiger partial charge in [-0.2, -0.15) is 5.26 Å². The van der Waals surface area contributed by atoms with E-state index in [9.17, 15) is 10.1 Å². The van der Waals surface area contributed by atoms with Crippen LogP contribution in [0, 0.1) is 23.7 Å². The lowest BCUT2D eigenvalue weighted by molar-refractivity contribution is 0.174. The molecule has 0 saturated heterocycles. The maximum absolute atomic E-state index is 12.6. The highest BCUT2D eigenvalue weighted by atomic mass is 16.1. The van der Waals surface area contributed by atoms with Gasteiger partial charge in [-0.25, -0.2) is 0 Å². The van der Waals surface area contributed by atoms with Crippen molar-refractivity contribution in [2.45, 2.75) is 46.6 Å². The molecule has 0 N–H and O–H groups in total. The number of aromatic nitrogens is 1. The number of hydrogen-bond acceptors (Lipinski definition) is 2. The number of nitrogens with zero attached hydrogens (tertiary/aromatic N) is 2. The van der Waals surface area contributed by atoms with Gasteiger partial charge in [0.1, 0.15) is 11.6 Å². The SMILES string of the molecule is Cc1c2n(cc(C#N)c1=O)C(C)(C)C(C)(C)C1=C2Cc2ccccc21. The average molecular weight is 330 g/mol. The smallest absolute Gasteiger partial charge is 0.202 e. The van der Waals surface area contributed by atoms with Crippen molar-refractivity contribution in [1.82, 2.24) is 4.57 Å². The number of allylic oxidation sites excluding steroid dienone is 2. The summed E-state index contributed by atoms with van der Waals surface area (Å²) in [5.41, 5.74) is 6.59. The van der Waals surface area contributed by atoms with Crippen molar-refractivity contribution in [2.75, 3.05) is 0 Å². The molecule has 0 fully saturated rings. The Hall–Kier alpha value is -2.60. The van der Waals surface area contributed by atoms with Gasteiger partial charge in [-0.3, -0.25) is 4.79 Å². The molecule has 2 heterocycles. The van der Waals surface area contributed by atoms with Crippen LogP contribution in [-0.2, 0) is 12.0 Å². The molecule has 0 bridgehead atoms. The highest BCUT2D eigenvalue weighted by Crippen LogP contribution is 2.58. The molecule has 4 rings (SSSR count). The van der Waals surface area contributed by atoms with E-state index >= 15 is 0 Å². The molecule has 3 nitrogen and oxygen atoms in total. The van der Waals surface area contributed by atoms with E-state index in [4.69, 9.17) is 0 Å². The van der Waals surface area contributed by atoms with Crippen LogP contribution in [0.15, 0.2) is 35.3 Å². The largest absolute Gasteiger partial charge is 0.340 e. The minimum Gasteiger partial charge on any atom is -0.340 e. The zero-order valence-electron chi connectivity index (χ0n) is 15.4. The van der Waals surface area contributed by atoms with Crippen molar-refractivity contribution in [3.8, 4) is 6.07 Å². The number of nitriles is 1. The predicted molar refractivity (Wildman–Crippen MR) is 100 cm³/mol. The van der Waals surface area contributed by atoms with Crippen LogP contribution in [0.3, 0.4) is 0 Å². The van der Waals surface area contributed by atoms with Crippen molar-refractivity contribution in [1.29, 1.82) is 5.26 Å². The Labute approximate surface area is 148 Å². The minimum atomic E-state index is -0.261. The zero-order chi connectivity index (χ0) is 18.1. The normalized spacial score (nSPS) is 19.0. The molecular weight excluding hydrogens is 308 g/mol. The molecule has 1 aliphatic carbocycles. The van der Waals surface area contributed by atoms with Gasteiger partial charge in [0, 0.05) is 29.1 Å². The Morgan fingerprint density at radius 1 is 1.16 bits per heavy atom. The number of benzene rings is 1. The summed E-state index contributed by atoms with van der Waals surface area (Å²) < 4.78 is 2.17. The highest BCUT2D eigenvalue weighted by Gasteiger charge is 2.49. The third-order valence-electron chi connectivity index (χ3n) is 6.56. The Balaban J connectivity index is 2.17. The van der Waals surface area contributed by atoms with Crippen LogP contribution in [-0.4, -0.2) is 4.57 Å². The van der Waals surface area contributed by atoms with Crippen molar-refractivity contribution >= 4 is 11.1 Å². The Bertz CT molecular complexity index is 1060. The molecule has 0 amide bonds. The van der Waals surface area contributed by atoms with Crippen LogP contribution in [0.25, 0.3) is 11.1 Å². The molecule has 2 aromatic rings. The monoisotopic (exact) mass is 330 g/mol. The van der Waals surface area contributed by atoms with E-state index in [1.54, 1.807) is 6.20 Å². The second-order valence-electron chi connectivity index (χ2n) is 8.20. The molecule has 126 valence electrons. The molecule has 0 saturated carbocycles. The molecule has 3 heteroatoms. The second-order valence-corrected chi connectivity index (χ2v) is 8.20. The van der Waals surface area contributed by atoms with Crippen molar-refractivity contribution in [3.05, 3.63) is 68.6 Å². The van der Waals surface area contributed by atoms with Gasteiger partial charge in [-0.15, -0.1) is 0 Å². The van der Waals surface area contributed by atoms with E-state index < -0.39 is 0 Å². The maximum atomic E-state index is 12.6. The minimum absolute atomic E-state index is 0.129. The van der Waals surface area contributed by atoms with Gasteiger partial charge < -0.3 is 4.57 Å². The molecule has 1 aromatic carbocycles. The third-order valence-corrected chi connectivity index (χ3v) is 6.56. The molecule has 0 spiro atoms. The molecule has 1 aromatic heterocycles. The van der Waals surface area contributed by atoms with Crippen LogP contribution in [0.5, 0.6) is 0 Å². The van der Waals surface area contributed by atoms with Gasteiger partial charge in [0.05, 0.1) is 5.69 Å². The Kier molecular flexibility index (Phi) is 3.01. The topological polar surface area (TPSA) is 45.8 Å². The fourth-order valence-electron chi connectivity index (χ4n) is 4.52. The summed E-state index contributed by atoms with van der Waals surface area (Å²) in [6.07, 6.45) is 2.61. The van der Waals surface area contributed by atoms with E-state index in [1.807, 2.05) is 6.92 Å². The van der Waals surface area contributed by atoms with Crippen molar-refractivity contribution in [2.24, 2.45) is 5.41 Å². The lowest BCUT2D eigenvalue weighted by Crippen LogP contribution is -2.47. The maximum Gasteiger partial charge on any atom is 0.202 e. The molecule has 1 aliphatic heterocycles. The van der Waals surface area contributed by atoms with Crippen LogP contribution >= 0.6 is 0 Å². The van der Waals surface area contributed by atoms with E-state index in [2.05, 4.69) is 62.6 Å². The average Bonchev–Trinajstić information content (AvgIpc) is 2.95. The van der Waals surface area contributed by atoms with Gasteiger partial charge in [-0.1, -0.05) is 38.1 Å². The lowest BCUT2D eigenvalue weighted by Gasteiger charge is -2.50. The third kappa shape index (κ3) is 1.77. The van der Waals surface area contributed by atoms with Crippen LogP contribution in [0.2, 0.25) is 0 Å². The van der Waals surface area contributed by atoms with Crippen molar-refractivity contribution in [3.63, 3.8) is 0 Å². The zero-order valence-corrected chi connectivity index (χ0v) is 15.4. The highest BCUT2D eigenvalue weighted by molar-refractivity contribution is 6.00. The standard InChI is InChI=1S/C22H22N2O/c1-13-19-17-10-14-8-6-7-9-16(14)18(17)21(2,3)22(4,5)24(19)12-15(11-23)20(13)25/h6-9,12H,10H2,1-5H3. The summed E-state index contributed by atoms with van der Waals surface area (Å²) in [5, 5.41) is 9.40. The Morgan fingerprint density at radius 2 is 1.84 bits per heavy atom. The first-order valence-electron chi connectivity index (χ1n) is 8.71. The van der Waals surface area contributed by atoms with Crippen LogP contribution < -0.4 is 5.43 Å². The first-order valence-corrected chi connectivity index (χ1v) is 8.71. The molecular formula is C22H22N2O. The second kappa shape index (κ2) is 4.73. The van der Waals surface area contributed by atoms with E-state index in [0.29, 0.717) is 5.56 Å².